The standard InChI is InChI=1S/C16H26N2S/c1-2-8-17-13-15-6-3-4-7-16(15)14-18-9-5-11-19-12-10-18/h3-4,6-7,17H,2,5,8-14H2,1H3. The second-order valence-corrected chi connectivity index (χ2v) is 6.41. The molecule has 1 aromatic rings. The Labute approximate surface area is 122 Å². The van der Waals surface area contributed by atoms with E-state index in [1.54, 1.807) is 0 Å². The minimum absolute atomic E-state index is 1.01. The molecule has 106 valence electrons. The van der Waals surface area contributed by atoms with Crippen molar-refractivity contribution in [3.63, 3.8) is 0 Å². The summed E-state index contributed by atoms with van der Waals surface area (Å²) in [6.45, 7) is 7.94. The lowest BCUT2D eigenvalue weighted by molar-refractivity contribution is 0.286. The van der Waals surface area contributed by atoms with Crippen LogP contribution in [-0.4, -0.2) is 36.0 Å². The third kappa shape index (κ3) is 5.17. The Morgan fingerprint density at radius 3 is 2.84 bits per heavy atom. The average molecular weight is 278 g/mol. The fourth-order valence-electron chi connectivity index (χ4n) is 2.48. The van der Waals surface area contributed by atoms with E-state index in [0.29, 0.717) is 0 Å². The van der Waals surface area contributed by atoms with Crippen LogP contribution in [-0.2, 0) is 13.1 Å². The highest BCUT2D eigenvalue weighted by Crippen LogP contribution is 2.16. The number of hydrogen-bond acceptors (Lipinski definition) is 3. The Hall–Kier alpha value is -0.510. The van der Waals surface area contributed by atoms with E-state index in [1.807, 2.05) is 0 Å². The zero-order valence-corrected chi connectivity index (χ0v) is 12.8. The van der Waals surface area contributed by atoms with E-state index in [9.17, 15) is 0 Å². The van der Waals surface area contributed by atoms with E-state index in [0.717, 1.165) is 19.6 Å². The molecule has 1 N–H and O–H groups in total. The predicted molar refractivity (Wildman–Crippen MR) is 85.7 cm³/mol. The molecule has 0 amide bonds. The van der Waals surface area contributed by atoms with Crippen LogP contribution in [0.2, 0.25) is 0 Å². The molecule has 19 heavy (non-hydrogen) atoms. The molecule has 0 unspecified atom stereocenters. The summed E-state index contributed by atoms with van der Waals surface area (Å²) >= 11 is 2.10. The van der Waals surface area contributed by atoms with Crippen LogP contribution in [0.1, 0.15) is 30.9 Å². The highest BCUT2D eigenvalue weighted by Gasteiger charge is 2.11. The molecule has 0 bridgehead atoms. The van der Waals surface area contributed by atoms with Crippen molar-refractivity contribution in [2.24, 2.45) is 0 Å². The Balaban J connectivity index is 1.93. The van der Waals surface area contributed by atoms with Gasteiger partial charge in [0.1, 0.15) is 0 Å². The number of rotatable bonds is 6. The van der Waals surface area contributed by atoms with Gasteiger partial charge in [-0.2, -0.15) is 11.8 Å². The molecule has 0 atom stereocenters. The summed E-state index contributed by atoms with van der Waals surface area (Å²) in [6, 6.07) is 8.89. The highest BCUT2D eigenvalue weighted by molar-refractivity contribution is 7.99. The molecule has 1 saturated heterocycles. The molecule has 1 aliphatic rings. The maximum absolute atomic E-state index is 3.52. The molecule has 0 aliphatic carbocycles. The van der Waals surface area contributed by atoms with Crippen LogP contribution in [0.15, 0.2) is 24.3 Å². The molecule has 2 nitrogen and oxygen atoms in total. The largest absolute Gasteiger partial charge is 0.313 e. The van der Waals surface area contributed by atoms with Crippen LogP contribution >= 0.6 is 11.8 Å². The summed E-state index contributed by atoms with van der Waals surface area (Å²) in [5.74, 6) is 2.62. The summed E-state index contributed by atoms with van der Waals surface area (Å²) in [5.41, 5.74) is 2.96. The van der Waals surface area contributed by atoms with Gasteiger partial charge in [0.2, 0.25) is 0 Å². The van der Waals surface area contributed by atoms with Gasteiger partial charge in [-0.3, -0.25) is 4.90 Å². The summed E-state index contributed by atoms with van der Waals surface area (Å²) in [4.78, 5) is 2.61. The van der Waals surface area contributed by atoms with Crippen LogP contribution in [0, 0.1) is 0 Å². The van der Waals surface area contributed by atoms with Crippen molar-refractivity contribution in [3.05, 3.63) is 35.4 Å². The second-order valence-electron chi connectivity index (χ2n) is 5.19. The van der Waals surface area contributed by atoms with E-state index in [2.05, 4.69) is 53.2 Å². The summed E-state index contributed by atoms with van der Waals surface area (Å²) in [6.07, 6.45) is 2.53. The minimum atomic E-state index is 1.01. The SMILES string of the molecule is CCCNCc1ccccc1CN1CCCSCC1. The van der Waals surface area contributed by atoms with Crippen molar-refractivity contribution in [2.75, 3.05) is 31.1 Å². The Bertz CT molecular complexity index is 360. The normalized spacial score (nSPS) is 17.3. The van der Waals surface area contributed by atoms with Gasteiger partial charge in [0.25, 0.3) is 0 Å². The molecular weight excluding hydrogens is 252 g/mol. The van der Waals surface area contributed by atoms with Gasteiger partial charge in [0, 0.05) is 25.4 Å². The van der Waals surface area contributed by atoms with Gasteiger partial charge >= 0.3 is 0 Å². The third-order valence-electron chi connectivity index (χ3n) is 3.57. The number of hydrogen-bond donors (Lipinski definition) is 1. The molecule has 0 aromatic heterocycles. The molecule has 0 radical (unpaired) electrons. The van der Waals surface area contributed by atoms with Crippen molar-refractivity contribution in [3.8, 4) is 0 Å². The van der Waals surface area contributed by atoms with Crippen molar-refractivity contribution in [1.29, 1.82) is 0 Å². The fourth-order valence-corrected chi connectivity index (χ4v) is 3.41. The quantitative estimate of drug-likeness (QED) is 0.805. The maximum atomic E-state index is 3.52. The molecule has 1 fully saturated rings. The van der Waals surface area contributed by atoms with Crippen molar-refractivity contribution in [2.45, 2.75) is 32.9 Å². The lowest BCUT2D eigenvalue weighted by Crippen LogP contribution is -2.26. The van der Waals surface area contributed by atoms with Crippen LogP contribution < -0.4 is 5.32 Å². The molecule has 2 rings (SSSR count). The molecule has 1 aromatic carbocycles. The Kier molecular flexibility index (Phi) is 6.75. The summed E-state index contributed by atoms with van der Waals surface area (Å²) < 4.78 is 0. The van der Waals surface area contributed by atoms with Crippen LogP contribution in [0.25, 0.3) is 0 Å². The minimum Gasteiger partial charge on any atom is -0.313 e. The van der Waals surface area contributed by atoms with Crippen LogP contribution in [0.3, 0.4) is 0 Å². The van der Waals surface area contributed by atoms with Crippen molar-refractivity contribution in [1.82, 2.24) is 10.2 Å². The van der Waals surface area contributed by atoms with E-state index in [1.165, 1.54) is 48.6 Å². The molecular formula is C16H26N2S. The lowest BCUT2D eigenvalue weighted by Gasteiger charge is -2.21. The van der Waals surface area contributed by atoms with Gasteiger partial charge in [-0.05, 0) is 42.8 Å². The molecule has 1 heterocycles. The first-order valence-corrected chi connectivity index (χ1v) is 8.63. The van der Waals surface area contributed by atoms with Gasteiger partial charge in [-0.15, -0.1) is 0 Å². The number of nitrogens with zero attached hydrogens (tertiary/aromatic N) is 1. The van der Waals surface area contributed by atoms with Crippen LogP contribution in [0.4, 0.5) is 0 Å². The van der Waals surface area contributed by atoms with E-state index in [4.69, 9.17) is 0 Å². The molecule has 0 spiro atoms. The number of benzene rings is 1. The number of nitrogens with one attached hydrogen (secondary N) is 1. The molecule has 3 heteroatoms. The first-order chi connectivity index (χ1) is 9.40. The fraction of sp³-hybridized carbons (Fsp3) is 0.625. The van der Waals surface area contributed by atoms with Crippen molar-refractivity contribution < 1.29 is 0 Å². The van der Waals surface area contributed by atoms with Gasteiger partial charge in [-0.25, -0.2) is 0 Å². The number of thioether (sulfide) groups is 1. The Morgan fingerprint density at radius 2 is 2.00 bits per heavy atom. The average Bonchev–Trinajstić information content (AvgIpc) is 2.70. The lowest BCUT2D eigenvalue weighted by atomic mass is 10.1. The van der Waals surface area contributed by atoms with Gasteiger partial charge in [0.15, 0.2) is 0 Å². The van der Waals surface area contributed by atoms with E-state index < -0.39 is 0 Å². The zero-order chi connectivity index (χ0) is 13.3. The first kappa shape index (κ1) is 14.9. The highest BCUT2D eigenvalue weighted by atomic mass is 32.2. The third-order valence-corrected chi connectivity index (χ3v) is 4.62. The topological polar surface area (TPSA) is 15.3 Å². The van der Waals surface area contributed by atoms with Crippen LogP contribution in [0.5, 0.6) is 0 Å². The summed E-state index contributed by atoms with van der Waals surface area (Å²) in [7, 11) is 0. The monoisotopic (exact) mass is 278 g/mol. The first-order valence-electron chi connectivity index (χ1n) is 7.47. The van der Waals surface area contributed by atoms with Gasteiger partial charge < -0.3 is 5.32 Å². The smallest absolute Gasteiger partial charge is 0.0237 e. The molecule has 1 aliphatic heterocycles. The predicted octanol–water partition coefficient (Wildman–Crippen LogP) is 3.13. The second kappa shape index (κ2) is 8.62. The Morgan fingerprint density at radius 1 is 1.16 bits per heavy atom. The van der Waals surface area contributed by atoms with E-state index >= 15 is 0 Å². The summed E-state index contributed by atoms with van der Waals surface area (Å²) in [5, 5.41) is 3.52. The van der Waals surface area contributed by atoms with Crippen molar-refractivity contribution >= 4 is 11.8 Å². The van der Waals surface area contributed by atoms with E-state index in [-0.39, 0.29) is 0 Å². The van der Waals surface area contributed by atoms with Gasteiger partial charge in [0.05, 0.1) is 0 Å². The maximum Gasteiger partial charge on any atom is 0.0237 e. The zero-order valence-electron chi connectivity index (χ0n) is 12.0. The van der Waals surface area contributed by atoms with Gasteiger partial charge in [-0.1, -0.05) is 31.2 Å². The molecule has 0 saturated carbocycles.